The lowest BCUT2D eigenvalue weighted by Crippen LogP contribution is -2.49. The summed E-state index contributed by atoms with van der Waals surface area (Å²) in [5.41, 5.74) is 1.93. The van der Waals surface area contributed by atoms with Crippen LogP contribution in [0.3, 0.4) is 0 Å². The van der Waals surface area contributed by atoms with Crippen LogP contribution in [0.1, 0.15) is 10.4 Å². The van der Waals surface area contributed by atoms with E-state index in [2.05, 4.69) is 10.3 Å². The monoisotopic (exact) mass is 358 g/mol. The van der Waals surface area contributed by atoms with Gasteiger partial charge in [0.05, 0.1) is 23.5 Å². The van der Waals surface area contributed by atoms with Crippen molar-refractivity contribution in [3.63, 3.8) is 0 Å². The molecule has 0 unspecified atom stereocenters. The Labute approximate surface area is 152 Å². The third kappa shape index (κ3) is 4.29. The van der Waals surface area contributed by atoms with Gasteiger partial charge in [-0.3, -0.25) is 9.78 Å². The molecule has 0 aliphatic carbocycles. The maximum atomic E-state index is 13.9. The predicted octanol–water partition coefficient (Wildman–Crippen LogP) is 2.24. The van der Waals surface area contributed by atoms with Crippen molar-refractivity contribution >= 4 is 17.3 Å². The van der Waals surface area contributed by atoms with Crippen molar-refractivity contribution < 1.29 is 13.9 Å². The molecule has 1 aromatic heterocycles. The van der Waals surface area contributed by atoms with Crippen molar-refractivity contribution in [2.45, 2.75) is 0 Å². The SMILES string of the molecule is COCCNc1cncc(C(=O)N2CCN(c3ccccc3F)CC2)c1. The van der Waals surface area contributed by atoms with Gasteiger partial charge in [-0.1, -0.05) is 12.1 Å². The van der Waals surface area contributed by atoms with Crippen LogP contribution in [0.25, 0.3) is 0 Å². The highest BCUT2D eigenvalue weighted by molar-refractivity contribution is 5.95. The molecule has 2 heterocycles. The van der Waals surface area contributed by atoms with Gasteiger partial charge in [0.25, 0.3) is 5.91 Å². The molecular formula is C19H23FN4O2. The zero-order valence-electron chi connectivity index (χ0n) is 14.8. The van der Waals surface area contributed by atoms with Gasteiger partial charge in [0, 0.05) is 52.2 Å². The molecule has 26 heavy (non-hydrogen) atoms. The van der Waals surface area contributed by atoms with Crippen molar-refractivity contribution in [3.05, 3.63) is 54.1 Å². The van der Waals surface area contributed by atoms with Gasteiger partial charge in [0.2, 0.25) is 0 Å². The van der Waals surface area contributed by atoms with E-state index < -0.39 is 0 Å². The minimum absolute atomic E-state index is 0.0546. The number of carbonyl (C=O) groups excluding carboxylic acids is 1. The molecule has 3 rings (SSSR count). The van der Waals surface area contributed by atoms with Crippen LogP contribution in [0.15, 0.2) is 42.7 Å². The molecule has 7 heteroatoms. The summed E-state index contributed by atoms with van der Waals surface area (Å²) in [4.78, 5) is 20.6. The van der Waals surface area contributed by atoms with E-state index in [4.69, 9.17) is 4.74 Å². The number of benzene rings is 1. The summed E-state index contributed by atoms with van der Waals surface area (Å²) >= 11 is 0. The third-order valence-electron chi connectivity index (χ3n) is 4.38. The normalized spacial score (nSPS) is 14.4. The highest BCUT2D eigenvalue weighted by atomic mass is 19.1. The third-order valence-corrected chi connectivity index (χ3v) is 4.38. The van der Waals surface area contributed by atoms with Gasteiger partial charge in [-0.15, -0.1) is 0 Å². The van der Waals surface area contributed by atoms with Crippen molar-refractivity contribution in [2.75, 3.05) is 56.7 Å². The first-order chi connectivity index (χ1) is 12.7. The number of pyridine rings is 1. The number of hydrogen-bond donors (Lipinski definition) is 1. The van der Waals surface area contributed by atoms with E-state index in [1.807, 2.05) is 11.0 Å². The molecule has 138 valence electrons. The minimum Gasteiger partial charge on any atom is -0.383 e. The molecule has 1 aliphatic rings. The summed E-state index contributed by atoms with van der Waals surface area (Å²) in [6.45, 7) is 3.54. The van der Waals surface area contributed by atoms with Crippen LogP contribution >= 0.6 is 0 Å². The first-order valence-electron chi connectivity index (χ1n) is 8.65. The number of methoxy groups -OCH3 is 1. The Morgan fingerprint density at radius 1 is 1.23 bits per heavy atom. The average Bonchev–Trinajstić information content (AvgIpc) is 2.68. The highest BCUT2D eigenvalue weighted by Crippen LogP contribution is 2.21. The predicted molar refractivity (Wildman–Crippen MR) is 99.1 cm³/mol. The number of carbonyl (C=O) groups is 1. The lowest BCUT2D eigenvalue weighted by molar-refractivity contribution is 0.0746. The van der Waals surface area contributed by atoms with Gasteiger partial charge < -0.3 is 19.9 Å². The molecule has 2 aromatic rings. The molecule has 1 saturated heterocycles. The van der Waals surface area contributed by atoms with E-state index in [0.717, 1.165) is 5.69 Å². The summed E-state index contributed by atoms with van der Waals surface area (Å²) < 4.78 is 18.9. The topological polar surface area (TPSA) is 57.7 Å². The van der Waals surface area contributed by atoms with Crippen molar-refractivity contribution in [1.82, 2.24) is 9.88 Å². The standard InChI is InChI=1S/C19H23FN4O2/c1-26-11-6-22-16-12-15(13-21-14-16)19(25)24-9-7-23(8-10-24)18-5-3-2-4-17(18)20/h2-5,12-14,22H,6-11H2,1H3. The van der Waals surface area contributed by atoms with Gasteiger partial charge in [-0.2, -0.15) is 0 Å². The summed E-state index contributed by atoms with van der Waals surface area (Å²) in [6, 6.07) is 8.53. The van der Waals surface area contributed by atoms with Gasteiger partial charge in [-0.05, 0) is 18.2 Å². The van der Waals surface area contributed by atoms with Crippen LogP contribution in [0, 0.1) is 5.82 Å². The second-order valence-electron chi connectivity index (χ2n) is 6.11. The van der Waals surface area contributed by atoms with E-state index in [9.17, 15) is 9.18 Å². The number of nitrogens with one attached hydrogen (secondary N) is 1. The average molecular weight is 358 g/mol. The van der Waals surface area contributed by atoms with Crippen molar-refractivity contribution in [1.29, 1.82) is 0 Å². The zero-order chi connectivity index (χ0) is 18.4. The van der Waals surface area contributed by atoms with Gasteiger partial charge in [0.1, 0.15) is 5.82 Å². The fraction of sp³-hybridized carbons (Fsp3) is 0.368. The number of hydrogen-bond acceptors (Lipinski definition) is 5. The van der Waals surface area contributed by atoms with Gasteiger partial charge >= 0.3 is 0 Å². The number of nitrogens with zero attached hydrogens (tertiary/aromatic N) is 3. The smallest absolute Gasteiger partial charge is 0.255 e. The van der Waals surface area contributed by atoms with E-state index in [0.29, 0.717) is 50.6 Å². The lowest BCUT2D eigenvalue weighted by atomic mass is 10.2. The lowest BCUT2D eigenvalue weighted by Gasteiger charge is -2.36. The molecule has 1 N–H and O–H groups in total. The number of para-hydroxylation sites is 1. The molecule has 1 aliphatic heterocycles. The fourth-order valence-corrected chi connectivity index (χ4v) is 2.99. The molecule has 0 saturated carbocycles. The first kappa shape index (κ1) is 18.1. The zero-order valence-corrected chi connectivity index (χ0v) is 14.8. The Morgan fingerprint density at radius 2 is 2.00 bits per heavy atom. The number of anilines is 2. The van der Waals surface area contributed by atoms with E-state index >= 15 is 0 Å². The number of rotatable bonds is 6. The molecule has 1 aromatic carbocycles. The Bertz CT molecular complexity index is 748. The van der Waals surface area contributed by atoms with Gasteiger partial charge in [0.15, 0.2) is 0 Å². The van der Waals surface area contributed by atoms with Crippen LogP contribution in [0.4, 0.5) is 15.8 Å². The molecule has 0 radical (unpaired) electrons. The highest BCUT2D eigenvalue weighted by Gasteiger charge is 2.23. The molecule has 0 spiro atoms. The van der Waals surface area contributed by atoms with Crippen LogP contribution < -0.4 is 10.2 Å². The molecule has 0 atom stereocenters. The number of halogens is 1. The Balaban J connectivity index is 1.60. The molecule has 6 nitrogen and oxygen atoms in total. The quantitative estimate of drug-likeness (QED) is 0.803. The maximum absolute atomic E-state index is 13.9. The minimum atomic E-state index is -0.230. The second-order valence-corrected chi connectivity index (χ2v) is 6.11. The van der Waals surface area contributed by atoms with E-state index in [1.165, 1.54) is 6.07 Å². The summed E-state index contributed by atoms with van der Waals surface area (Å²) in [6.07, 6.45) is 3.26. The van der Waals surface area contributed by atoms with Crippen LogP contribution in [-0.2, 0) is 4.74 Å². The van der Waals surface area contributed by atoms with Crippen molar-refractivity contribution in [3.8, 4) is 0 Å². The molecule has 0 bridgehead atoms. The molecule has 1 amide bonds. The number of aromatic nitrogens is 1. The number of amides is 1. The van der Waals surface area contributed by atoms with Crippen LogP contribution in [-0.4, -0.2) is 62.2 Å². The molecule has 1 fully saturated rings. The van der Waals surface area contributed by atoms with Crippen LogP contribution in [0.5, 0.6) is 0 Å². The first-order valence-corrected chi connectivity index (χ1v) is 8.65. The summed E-state index contributed by atoms with van der Waals surface area (Å²) in [5.74, 6) is -0.285. The van der Waals surface area contributed by atoms with Crippen molar-refractivity contribution in [2.24, 2.45) is 0 Å². The Hall–Kier alpha value is -2.67. The van der Waals surface area contributed by atoms with Gasteiger partial charge in [-0.25, -0.2) is 4.39 Å². The molecular weight excluding hydrogens is 335 g/mol. The summed E-state index contributed by atoms with van der Waals surface area (Å²) in [5, 5.41) is 3.17. The Morgan fingerprint density at radius 3 is 2.73 bits per heavy atom. The number of piperazine rings is 1. The number of ether oxygens (including phenoxy) is 1. The fourth-order valence-electron chi connectivity index (χ4n) is 2.99. The Kier molecular flexibility index (Phi) is 6.01. The summed E-state index contributed by atoms with van der Waals surface area (Å²) in [7, 11) is 1.64. The maximum Gasteiger partial charge on any atom is 0.255 e. The van der Waals surface area contributed by atoms with E-state index in [1.54, 1.807) is 42.6 Å². The largest absolute Gasteiger partial charge is 0.383 e. The van der Waals surface area contributed by atoms with Crippen LogP contribution in [0.2, 0.25) is 0 Å². The second kappa shape index (κ2) is 8.62. The van der Waals surface area contributed by atoms with E-state index in [-0.39, 0.29) is 11.7 Å².